The molecule has 0 saturated heterocycles. The van der Waals surface area contributed by atoms with Crippen LogP contribution >= 0.6 is 0 Å². The molecule has 0 amide bonds. The highest BCUT2D eigenvalue weighted by Crippen LogP contribution is 2.29. The van der Waals surface area contributed by atoms with E-state index in [0.29, 0.717) is 6.07 Å². The third kappa shape index (κ3) is 2.94. The zero-order valence-corrected chi connectivity index (χ0v) is 10.2. The number of hydrogen-bond acceptors (Lipinski definition) is 4. The third-order valence-corrected chi connectivity index (χ3v) is 2.53. The molecule has 0 aliphatic heterocycles. The molecule has 0 aliphatic carbocycles. The second-order valence-corrected chi connectivity index (χ2v) is 3.89. The molecule has 1 N–H and O–H groups in total. The van der Waals surface area contributed by atoms with Gasteiger partial charge < -0.3 is 9.84 Å². The fourth-order valence-corrected chi connectivity index (χ4v) is 1.62. The lowest BCUT2D eigenvalue weighted by Crippen LogP contribution is -2.03. The normalized spacial score (nSPS) is 10.2. The predicted molar refractivity (Wildman–Crippen MR) is 66.5 cm³/mol. The van der Waals surface area contributed by atoms with E-state index in [-0.39, 0.29) is 11.5 Å². The Hall–Kier alpha value is -3.03. The molecule has 0 aromatic heterocycles. The molecule has 108 valence electrons. The molecule has 0 fully saturated rings. The maximum Gasteiger partial charge on any atom is 0.342 e. The Morgan fingerprint density at radius 2 is 1.90 bits per heavy atom. The fourth-order valence-electron chi connectivity index (χ4n) is 1.62. The van der Waals surface area contributed by atoms with Gasteiger partial charge in [-0.3, -0.25) is 10.1 Å². The molecule has 0 aliphatic rings. The van der Waals surface area contributed by atoms with Gasteiger partial charge in [0.15, 0.2) is 0 Å². The topological polar surface area (TPSA) is 89.7 Å². The van der Waals surface area contributed by atoms with Crippen LogP contribution in [-0.4, -0.2) is 16.0 Å². The molecular formula is C13H7F2NO5. The van der Waals surface area contributed by atoms with Crippen LogP contribution in [0.2, 0.25) is 0 Å². The SMILES string of the molecule is O=C(O)c1c(F)cccc1Oc1ccc([N+](=O)[O-])c(F)c1. The van der Waals surface area contributed by atoms with Crippen molar-refractivity contribution in [3.63, 3.8) is 0 Å². The number of aromatic carboxylic acids is 1. The van der Waals surface area contributed by atoms with Crippen molar-refractivity contribution in [2.24, 2.45) is 0 Å². The van der Waals surface area contributed by atoms with E-state index in [4.69, 9.17) is 9.84 Å². The standard InChI is InChI=1S/C13H7F2NO5/c14-8-2-1-3-11(12(8)13(17)18)21-7-4-5-10(16(19)20)9(15)6-7/h1-6H,(H,17,18). The first-order valence-electron chi connectivity index (χ1n) is 5.53. The Bertz CT molecular complexity index is 732. The van der Waals surface area contributed by atoms with Gasteiger partial charge in [-0.15, -0.1) is 0 Å². The summed E-state index contributed by atoms with van der Waals surface area (Å²) in [6, 6.07) is 6.01. The Morgan fingerprint density at radius 1 is 1.19 bits per heavy atom. The van der Waals surface area contributed by atoms with Gasteiger partial charge >= 0.3 is 11.7 Å². The van der Waals surface area contributed by atoms with Gasteiger partial charge in [0.2, 0.25) is 5.82 Å². The minimum atomic E-state index is -1.55. The van der Waals surface area contributed by atoms with Crippen molar-refractivity contribution in [3.8, 4) is 11.5 Å². The van der Waals surface area contributed by atoms with E-state index >= 15 is 0 Å². The van der Waals surface area contributed by atoms with Gasteiger partial charge in [0.1, 0.15) is 22.9 Å². The third-order valence-electron chi connectivity index (χ3n) is 2.53. The van der Waals surface area contributed by atoms with Gasteiger partial charge in [-0.05, 0) is 18.2 Å². The minimum Gasteiger partial charge on any atom is -0.477 e. The highest BCUT2D eigenvalue weighted by atomic mass is 19.1. The lowest BCUT2D eigenvalue weighted by molar-refractivity contribution is -0.387. The number of rotatable bonds is 4. The molecule has 2 rings (SSSR count). The predicted octanol–water partition coefficient (Wildman–Crippen LogP) is 3.36. The number of nitro benzene ring substituents is 1. The molecule has 21 heavy (non-hydrogen) atoms. The van der Waals surface area contributed by atoms with Gasteiger partial charge in [0, 0.05) is 12.1 Å². The minimum absolute atomic E-state index is 0.189. The van der Waals surface area contributed by atoms with Gasteiger partial charge in [0.05, 0.1) is 4.92 Å². The molecule has 6 nitrogen and oxygen atoms in total. The van der Waals surface area contributed by atoms with Crippen LogP contribution in [0.4, 0.5) is 14.5 Å². The van der Waals surface area contributed by atoms with Gasteiger partial charge in [-0.25, -0.2) is 9.18 Å². The number of nitro groups is 1. The lowest BCUT2D eigenvalue weighted by Gasteiger charge is -2.09. The largest absolute Gasteiger partial charge is 0.477 e. The summed E-state index contributed by atoms with van der Waals surface area (Å²) >= 11 is 0. The second-order valence-electron chi connectivity index (χ2n) is 3.89. The summed E-state index contributed by atoms with van der Waals surface area (Å²) in [6.07, 6.45) is 0. The quantitative estimate of drug-likeness (QED) is 0.690. The second kappa shape index (κ2) is 5.53. The van der Waals surface area contributed by atoms with Crippen molar-refractivity contribution >= 4 is 11.7 Å². The van der Waals surface area contributed by atoms with E-state index < -0.39 is 33.8 Å². The number of ether oxygens (including phenoxy) is 1. The summed E-state index contributed by atoms with van der Waals surface area (Å²) in [5.41, 5.74) is -1.46. The summed E-state index contributed by atoms with van der Waals surface area (Å²) < 4.78 is 31.9. The number of hydrogen-bond donors (Lipinski definition) is 1. The van der Waals surface area contributed by atoms with Gasteiger partial charge in [-0.2, -0.15) is 4.39 Å². The van der Waals surface area contributed by atoms with Crippen LogP contribution in [0.15, 0.2) is 36.4 Å². The molecular weight excluding hydrogens is 288 g/mol. The molecule has 8 heteroatoms. The number of carboxylic acid groups (broad SMARTS) is 1. The zero-order chi connectivity index (χ0) is 15.6. The Labute approximate surface area is 116 Å². The van der Waals surface area contributed by atoms with Crippen LogP contribution < -0.4 is 4.74 Å². The number of carbonyl (C=O) groups is 1. The Kier molecular flexibility index (Phi) is 3.79. The summed E-state index contributed by atoms with van der Waals surface area (Å²) in [6.45, 7) is 0. The van der Waals surface area contributed by atoms with Crippen LogP contribution in [0, 0.1) is 21.7 Å². The van der Waals surface area contributed by atoms with Gasteiger partial charge in [-0.1, -0.05) is 6.07 Å². The number of benzene rings is 2. The highest BCUT2D eigenvalue weighted by molar-refractivity contribution is 5.91. The van der Waals surface area contributed by atoms with E-state index in [1.807, 2.05) is 0 Å². The van der Waals surface area contributed by atoms with Crippen LogP contribution in [0.1, 0.15) is 10.4 Å². The van der Waals surface area contributed by atoms with Crippen molar-refractivity contribution in [2.75, 3.05) is 0 Å². The maximum atomic E-state index is 13.4. The van der Waals surface area contributed by atoms with E-state index in [2.05, 4.69) is 0 Å². The molecule has 2 aromatic carbocycles. The average Bonchev–Trinajstić information content (AvgIpc) is 2.37. The van der Waals surface area contributed by atoms with E-state index in [1.54, 1.807) is 0 Å². The van der Waals surface area contributed by atoms with E-state index in [1.165, 1.54) is 12.1 Å². The fraction of sp³-hybridized carbons (Fsp3) is 0. The molecule has 0 radical (unpaired) electrons. The average molecular weight is 295 g/mol. The number of halogens is 2. The van der Waals surface area contributed by atoms with Crippen LogP contribution in [0.5, 0.6) is 11.5 Å². The summed E-state index contributed by atoms with van der Waals surface area (Å²) in [5.74, 6) is -4.24. The smallest absolute Gasteiger partial charge is 0.342 e. The first kappa shape index (κ1) is 14.4. The number of nitrogens with zero attached hydrogens (tertiary/aromatic N) is 1. The van der Waals surface area contributed by atoms with Crippen LogP contribution in [0.3, 0.4) is 0 Å². The molecule has 0 bridgehead atoms. The van der Waals surface area contributed by atoms with Gasteiger partial charge in [0.25, 0.3) is 0 Å². The van der Waals surface area contributed by atoms with Crippen LogP contribution in [0.25, 0.3) is 0 Å². The van der Waals surface area contributed by atoms with Crippen molar-refractivity contribution in [1.82, 2.24) is 0 Å². The van der Waals surface area contributed by atoms with Crippen molar-refractivity contribution in [3.05, 3.63) is 63.7 Å². The summed E-state index contributed by atoms with van der Waals surface area (Å²) in [4.78, 5) is 20.5. The first-order valence-corrected chi connectivity index (χ1v) is 5.53. The summed E-state index contributed by atoms with van der Waals surface area (Å²) in [5, 5.41) is 19.4. The Morgan fingerprint density at radius 3 is 2.48 bits per heavy atom. The highest BCUT2D eigenvalue weighted by Gasteiger charge is 2.19. The zero-order valence-electron chi connectivity index (χ0n) is 10.2. The van der Waals surface area contributed by atoms with E-state index in [9.17, 15) is 23.7 Å². The van der Waals surface area contributed by atoms with Crippen molar-refractivity contribution < 1.29 is 28.3 Å². The first-order chi connectivity index (χ1) is 9.90. The van der Waals surface area contributed by atoms with Crippen LogP contribution in [-0.2, 0) is 0 Å². The molecule has 0 heterocycles. The number of carboxylic acids is 1. The lowest BCUT2D eigenvalue weighted by atomic mass is 10.2. The Balaban J connectivity index is 2.39. The van der Waals surface area contributed by atoms with Crippen molar-refractivity contribution in [1.29, 1.82) is 0 Å². The molecule has 0 saturated carbocycles. The molecule has 2 aromatic rings. The maximum absolute atomic E-state index is 13.4. The molecule has 0 atom stereocenters. The monoisotopic (exact) mass is 295 g/mol. The van der Waals surface area contributed by atoms with E-state index in [0.717, 1.165) is 18.2 Å². The molecule has 0 unspecified atom stereocenters. The van der Waals surface area contributed by atoms with Crippen molar-refractivity contribution in [2.45, 2.75) is 0 Å². The molecule has 0 spiro atoms. The summed E-state index contributed by atoms with van der Waals surface area (Å²) in [7, 11) is 0.